The first-order chi connectivity index (χ1) is 9.87. The quantitative estimate of drug-likeness (QED) is 0.836. The zero-order valence-electron chi connectivity index (χ0n) is 12.8. The Balaban J connectivity index is 2.29. The van der Waals surface area contributed by atoms with Gasteiger partial charge in [-0.15, -0.1) is 0 Å². The van der Waals surface area contributed by atoms with Crippen LogP contribution < -0.4 is 4.90 Å². The average Bonchev–Trinajstić information content (AvgIpc) is 2.87. The molecule has 0 N–H and O–H groups in total. The number of unbranched alkanes of at least 4 members (excludes halogenated alkanes) is 1. The maximum absolute atomic E-state index is 12.5. The van der Waals surface area contributed by atoms with Crippen molar-refractivity contribution in [3.05, 3.63) is 23.8 Å². The van der Waals surface area contributed by atoms with Gasteiger partial charge in [-0.2, -0.15) is 0 Å². The molecule has 0 saturated heterocycles. The van der Waals surface area contributed by atoms with Crippen molar-refractivity contribution < 1.29 is 13.2 Å². The second kappa shape index (κ2) is 6.15. The molecule has 21 heavy (non-hydrogen) atoms. The summed E-state index contributed by atoms with van der Waals surface area (Å²) >= 11 is 0. The number of carbonyl (C=O) groups is 1. The van der Waals surface area contributed by atoms with Gasteiger partial charge in [0.2, 0.25) is 15.9 Å². The van der Waals surface area contributed by atoms with Crippen LogP contribution in [0.25, 0.3) is 0 Å². The van der Waals surface area contributed by atoms with E-state index in [0.717, 1.165) is 24.1 Å². The van der Waals surface area contributed by atoms with Crippen LogP contribution in [0, 0.1) is 0 Å². The molecule has 0 radical (unpaired) electrons. The van der Waals surface area contributed by atoms with Crippen LogP contribution in [0.1, 0.15) is 32.3 Å². The Morgan fingerprint density at radius 3 is 2.71 bits per heavy atom. The molecule has 0 saturated carbocycles. The SMILES string of the molecule is CCCCN(C)S(=O)(=O)c1ccc2c(c1)CCN2C(C)=O. The molecule has 0 aromatic heterocycles. The van der Waals surface area contributed by atoms with Crippen LogP contribution in [-0.2, 0) is 21.2 Å². The molecule has 1 aliphatic heterocycles. The third-order valence-corrected chi connectivity index (χ3v) is 5.71. The van der Waals surface area contributed by atoms with Gasteiger partial charge in [-0.1, -0.05) is 13.3 Å². The molecule has 1 aromatic carbocycles. The highest BCUT2D eigenvalue weighted by Gasteiger charge is 2.26. The molecule has 1 aromatic rings. The van der Waals surface area contributed by atoms with Gasteiger partial charge in [-0.25, -0.2) is 12.7 Å². The first-order valence-electron chi connectivity index (χ1n) is 7.25. The molecule has 0 fully saturated rings. The smallest absolute Gasteiger partial charge is 0.242 e. The second-order valence-electron chi connectivity index (χ2n) is 5.39. The van der Waals surface area contributed by atoms with E-state index in [2.05, 4.69) is 0 Å². The van der Waals surface area contributed by atoms with Gasteiger partial charge in [0.1, 0.15) is 0 Å². The minimum Gasteiger partial charge on any atom is -0.312 e. The van der Waals surface area contributed by atoms with Crippen molar-refractivity contribution in [1.29, 1.82) is 0 Å². The predicted molar refractivity (Wildman–Crippen MR) is 82.9 cm³/mol. The summed E-state index contributed by atoms with van der Waals surface area (Å²) in [7, 11) is -1.83. The molecule has 0 bridgehead atoms. The molecule has 5 nitrogen and oxygen atoms in total. The summed E-state index contributed by atoms with van der Waals surface area (Å²) in [6.07, 6.45) is 2.51. The Kier molecular flexibility index (Phi) is 4.68. The molecule has 0 atom stereocenters. The Morgan fingerprint density at radius 2 is 2.10 bits per heavy atom. The van der Waals surface area contributed by atoms with Crippen molar-refractivity contribution in [3.63, 3.8) is 0 Å². The van der Waals surface area contributed by atoms with Crippen LogP contribution in [0.2, 0.25) is 0 Å². The molecule has 2 rings (SSSR count). The Labute approximate surface area is 126 Å². The number of nitrogens with zero attached hydrogens (tertiary/aromatic N) is 2. The largest absolute Gasteiger partial charge is 0.312 e. The van der Waals surface area contributed by atoms with Crippen LogP contribution in [0.5, 0.6) is 0 Å². The number of rotatable bonds is 5. The van der Waals surface area contributed by atoms with Gasteiger partial charge in [0.05, 0.1) is 4.90 Å². The van der Waals surface area contributed by atoms with Crippen molar-refractivity contribution in [2.24, 2.45) is 0 Å². The van der Waals surface area contributed by atoms with Gasteiger partial charge in [0, 0.05) is 32.7 Å². The van der Waals surface area contributed by atoms with Crippen molar-refractivity contribution >= 4 is 21.6 Å². The minimum absolute atomic E-state index is 0.00980. The fourth-order valence-electron chi connectivity index (χ4n) is 2.55. The van der Waals surface area contributed by atoms with E-state index in [1.807, 2.05) is 6.92 Å². The number of amides is 1. The summed E-state index contributed by atoms with van der Waals surface area (Å²) in [5, 5.41) is 0. The highest BCUT2D eigenvalue weighted by Crippen LogP contribution is 2.30. The molecular weight excluding hydrogens is 288 g/mol. The number of sulfonamides is 1. The summed E-state index contributed by atoms with van der Waals surface area (Å²) in [5.74, 6) is -0.00980. The van der Waals surface area contributed by atoms with Crippen molar-refractivity contribution in [3.8, 4) is 0 Å². The van der Waals surface area contributed by atoms with E-state index in [0.29, 0.717) is 24.4 Å². The van der Waals surface area contributed by atoms with Crippen LogP contribution in [0.3, 0.4) is 0 Å². The number of benzene rings is 1. The molecule has 1 heterocycles. The number of hydrogen-bond acceptors (Lipinski definition) is 3. The van der Waals surface area contributed by atoms with E-state index in [1.165, 1.54) is 11.2 Å². The molecule has 1 amide bonds. The fraction of sp³-hybridized carbons (Fsp3) is 0.533. The van der Waals surface area contributed by atoms with Crippen LogP contribution >= 0.6 is 0 Å². The van der Waals surface area contributed by atoms with Gasteiger partial charge in [-0.05, 0) is 36.6 Å². The summed E-state index contributed by atoms with van der Waals surface area (Å²) in [5.41, 5.74) is 1.76. The van der Waals surface area contributed by atoms with Gasteiger partial charge >= 0.3 is 0 Å². The fourth-order valence-corrected chi connectivity index (χ4v) is 3.81. The molecule has 6 heteroatoms. The standard InChI is InChI=1S/C15H22N2O3S/c1-4-5-9-16(3)21(19,20)14-6-7-15-13(11-14)8-10-17(15)12(2)18/h6-7,11H,4-5,8-10H2,1-3H3. The number of carbonyl (C=O) groups excluding carboxylic acids is 1. The van der Waals surface area contributed by atoms with E-state index >= 15 is 0 Å². The topological polar surface area (TPSA) is 57.7 Å². The summed E-state index contributed by atoms with van der Waals surface area (Å²) in [6, 6.07) is 5.04. The maximum Gasteiger partial charge on any atom is 0.242 e. The Morgan fingerprint density at radius 1 is 1.38 bits per heavy atom. The lowest BCUT2D eigenvalue weighted by Crippen LogP contribution is -2.28. The van der Waals surface area contributed by atoms with Gasteiger partial charge < -0.3 is 4.90 Å². The van der Waals surface area contributed by atoms with E-state index in [-0.39, 0.29) is 5.91 Å². The number of anilines is 1. The summed E-state index contributed by atoms with van der Waals surface area (Å²) in [4.78, 5) is 13.5. The van der Waals surface area contributed by atoms with Crippen molar-refractivity contribution in [2.45, 2.75) is 38.0 Å². The zero-order valence-corrected chi connectivity index (χ0v) is 13.6. The number of hydrogen-bond donors (Lipinski definition) is 0. The van der Waals surface area contributed by atoms with Crippen LogP contribution in [-0.4, -0.2) is 38.8 Å². The first kappa shape index (κ1) is 16.0. The van der Waals surface area contributed by atoms with Crippen molar-refractivity contribution in [1.82, 2.24) is 4.31 Å². The molecule has 1 aliphatic rings. The van der Waals surface area contributed by atoms with Gasteiger partial charge in [0.25, 0.3) is 0 Å². The second-order valence-corrected chi connectivity index (χ2v) is 7.44. The minimum atomic E-state index is -3.44. The van der Waals surface area contributed by atoms with Crippen LogP contribution in [0.4, 0.5) is 5.69 Å². The number of fused-ring (bicyclic) bond motifs is 1. The van der Waals surface area contributed by atoms with E-state index in [4.69, 9.17) is 0 Å². The van der Waals surface area contributed by atoms with Gasteiger partial charge in [-0.3, -0.25) is 4.79 Å². The molecule has 0 unspecified atom stereocenters. The maximum atomic E-state index is 12.5. The lowest BCUT2D eigenvalue weighted by atomic mass is 10.2. The van der Waals surface area contributed by atoms with E-state index in [9.17, 15) is 13.2 Å². The molecule has 116 valence electrons. The summed E-state index contributed by atoms with van der Waals surface area (Å²) in [6.45, 7) is 4.71. The first-order valence-corrected chi connectivity index (χ1v) is 8.69. The third kappa shape index (κ3) is 3.11. The molecular formula is C15H22N2O3S. The monoisotopic (exact) mass is 310 g/mol. The Hall–Kier alpha value is -1.40. The van der Waals surface area contributed by atoms with Gasteiger partial charge in [0.15, 0.2) is 0 Å². The highest BCUT2D eigenvalue weighted by molar-refractivity contribution is 7.89. The zero-order chi connectivity index (χ0) is 15.6. The highest BCUT2D eigenvalue weighted by atomic mass is 32.2. The normalized spacial score (nSPS) is 14.6. The van der Waals surface area contributed by atoms with Crippen LogP contribution in [0.15, 0.2) is 23.1 Å². The predicted octanol–water partition coefficient (Wildman–Crippen LogP) is 2.02. The average molecular weight is 310 g/mol. The lowest BCUT2D eigenvalue weighted by Gasteiger charge is -2.18. The van der Waals surface area contributed by atoms with Crippen molar-refractivity contribution in [2.75, 3.05) is 25.0 Å². The lowest BCUT2D eigenvalue weighted by molar-refractivity contribution is -0.116. The summed E-state index contributed by atoms with van der Waals surface area (Å²) < 4.78 is 26.4. The molecule has 0 aliphatic carbocycles. The third-order valence-electron chi connectivity index (χ3n) is 3.86. The molecule has 0 spiro atoms. The van der Waals surface area contributed by atoms with E-state index in [1.54, 1.807) is 30.1 Å². The van der Waals surface area contributed by atoms with E-state index < -0.39 is 10.0 Å². The Bertz CT molecular complexity index is 640.